The highest BCUT2D eigenvalue weighted by Crippen LogP contribution is 2.42. The zero-order valence-corrected chi connectivity index (χ0v) is 16.6. The maximum Gasteiger partial charge on any atom is 0.404 e. The topological polar surface area (TPSA) is 77.0 Å². The van der Waals surface area contributed by atoms with Crippen molar-refractivity contribution >= 4 is 14.7 Å². The van der Waals surface area contributed by atoms with Crippen molar-refractivity contribution in [2.45, 2.75) is 76.6 Å². The fourth-order valence-electron chi connectivity index (χ4n) is 3.24. The lowest BCUT2D eigenvalue weighted by Gasteiger charge is -2.47. The standard InChI is InChI=1S/C11H24O3Si.C5H11NO2/c1-5-8-11(12-2)9-6-7-10-15(11,13-3)14-4;1-3-4(2)6-5(7)8/h5-10H2,1-4H3;4,6H,3H2,1-2H3,(H,7,8). The van der Waals surface area contributed by atoms with Crippen LogP contribution in [0.5, 0.6) is 0 Å². The van der Waals surface area contributed by atoms with Crippen LogP contribution in [-0.4, -0.2) is 52.4 Å². The zero-order chi connectivity index (χ0) is 17.9. The lowest BCUT2D eigenvalue weighted by Crippen LogP contribution is -2.64. The van der Waals surface area contributed by atoms with Crippen molar-refractivity contribution in [2.75, 3.05) is 21.3 Å². The second-order valence-corrected chi connectivity index (χ2v) is 9.81. The van der Waals surface area contributed by atoms with E-state index >= 15 is 0 Å². The van der Waals surface area contributed by atoms with Crippen LogP contribution in [0.25, 0.3) is 0 Å². The van der Waals surface area contributed by atoms with Crippen LogP contribution in [0.15, 0.2) is 0 Å². The second kappa shape index (κ2) is 11.0. The molecule has 7 heteroatoms. The Bertz CT molecular complexity index is 334. The Morgan fingerprint density at radius 3 is 2.22 bits per heavy atom. The highest BCUT2D eigenvalue weighted by molar-refractivity contribution is 6.70. The molecule has 6 nitrogen and oxygen atoms in total. The fourth-order valence-corrected chi connectivity index (χ4v) is 7.23. The number of amides is 1. The predicted molar refractivity (Wildman–Crippen MR) is 94.0 cm³/mol. The van der Waals surface area contributed by atoms with Gasteiger partial charge in [-0.3, -0.25) is 0 Å². The van der Waals surface area contributed by atoms with E-state index in [2.05, 4.69) is 12.2 Å². The van der Waals surface area contributed by atoms with E-state index in [9.17, 15) is 4.79 Å². The molecule has 2 N–H and O–H groups in total. The van der Waals surface area contributed by atoms with Crippen molar-refractivity contribution in [2.24, 2.45) is 0 Å². The summed E-state index contributed by atoms with van der Waals surface area (Å²) in [7, 11) is 3.22. The summed E-state index contributed by atoms with van der Waals surface area (Å²) in [4.78, 5) is 9.86. The van der Waals surface area contributed by atoms with Gasteiger partial charge in [0.2, 0.25) is 0 Å². The van der Waals surface area contributed by atoms with Gasteiger partial charge in [-0.15, -0.1) is 0 Å². The second-order valence-electron chi connectivity index (χ2n) is 6.08. The Morgan fingerprint density at radius 2 is 1.87 bits per heavy atom. The smallest absolute Gasteiger partial charge is 0.404 e. The normalized spacial score (nSPS) is 24.3. The van der Waals surface area contributed by atoms with Crippen LogP contribution in [0.2, 0.25) is 6.04 Å². The molecule has 0 aliphatic carbocycles. The molecule has 1 fully saturated rings. The van der Waals surface area contributed by atoms with Crippen molar-refractivity contribution < 1.29 is 23.5 Å². The van der Waals surface area contributed by atoms with E-state index in [1.54, 1.807) is 21.3 Å². The van der Waals surface area contributed by atoms with E-state index in [4.69, 9.17) is 18.7 Å². The van der Waals surface area contributed by atoms with E-state index in [0.717, 1.165) is 31.7 Å². The molecule has 0 bridgehead atoms. The van der Waals surface area contributed by atoms with Crippen LogP contribution in [0.1, 0.15) is 59.3 Å². The summed E-state index contributed by atoms with van der Waals surface area (Å²) in [6.07, 6.45) is 5.60. The molecule has 1 aliphatic rings. The van der Waals surface area contributed by atoms with E-state index in [1.165, 1.54) is 12.8 Å². The minimum absolute atomic E-state index is 0.0764. The van der Waals surface area contributed by atoms with Crippen molar-refractivity contribution in [1.82, 2.24) is 5.32 Å². The zero-order valence-electron chi connectivity index (χ0n) is 15.6. The molecule has 0 spiro atoms. The SMILES string of the molecule is CCC(C)NC(=O)O.CCCC1(OC)CCCC[Si]1(OC)OC. The summed E-state index contributed by atoms with van der Waals surface area (Å²) in [6, 6.07) is 1.14. The first-order valence-corrected chi connectivity index (χ1v) is 10.5. The van der Waals surface area contributed by atoms with Gasteiger partial charge in [0.1, 0.15) is 5.22 Å². The summed E-state index contributed by atoms with van der Waals surface area (Å²) in [5, 5.41) is 10.3. The lowest BCUT2D eigenvalue weighted by atomic mass is 10.1. The van der Waals surface area contributed by atoms with Crippen LogP contribution in [-0.2, 0) is 13.6 Å². The van der Waals surface area contributed by atoms with Crippen LogP contribution in [0, 0.1) is 0 Å². The largest absolute Gasteiger partial charge is 0.465 e. The Labute approximate surface area is 142 Å². The molecule has 1 heterocycles. The van der Waals surface area contributed by atoms with Gasteiger partial charge in [-0.1, -0.05) is 33.1 Å². The summed E-state index contributed by atoms with van der Waals surface area (Å²) < 4.78 is 17.4. The summed E-state index contributed by atoms with van der Waals surface area (Å²) in [5.41, 5.74) is 0. The van der Waals surface area contributed by atoms with Gasteiger partial charge in [0.15, 0.2) is 0 Å². The Hall–Kier alpha value is -0.633. The average Bonchev–Trinajstić information content (AvgIpc) is 2.55. The first-order valence-electron chi connectivity index (χ1n) is 8.51. The first kappa shape index (κ1) is 22.4. The predicted octanol–water partition coefficient (Wildman–Crippen LogP) is 3.68. The monoisotopic (exact) mass is 349 g/mol. The number of hydrogen-bond donors (Lipinski definition) is 2. The molecule has 2 atom stereocenters. The third-order valence-electron chi connectivity index (χ3n) is 4.72. The molecular weight excluding hydrogens is 314 g/mol. The molecular formula is C16H35NO5Si. The van der Waals surface area contributed by atoms with Gasteiger partial charge in [-0.05, 0) is 32.2 Å². The van der Waals surface area contributed by atoms with Gasteiger partial charge >= 0.3 is 14.7 Å². The molecule has 0 radical (unpaired) electrons. The molecule has 0 aromatic rings. The average molecular weight is 350 g/mol. The van der Waals surface area contributed by atoms with Crippen molar-refractivity contribution in [3.63, 3.8) is 0 Å². The van der Waals surface area contributed by atoms with Crippen LogP contribution in [0.4, 0.5) is 4.79 Å². The number of carbonyl (C=O) groups is 1. The van der Waals surface area contributed by atoms with Gasteiger partial charge in [0, 0.05) is 27.4 Å². The number of nitrogens with one attached hydrogen (secondary N) is 1. The third kappa shape index (κ3) is 6.06. The van der Waals surface area contributed by atoms with Crippen molar-refractivity contribution in [3.8, 4) is 0 Å². The van der Waals surface area contributed by atoms with Crippen molar-refractivity contribution in [1.29, 1.82) is 0 Å². The molecule has 1 saturated heterocycles. The highest BCUT2D eigenvalue weighted by Gasteiger charge is 2.58. The van der Waals surface area contributed by atoms with Gasteiger partial charge in [0.05, 0.1) is 0 Å². The molecule has 0 aromatic heterocycles. The molecule has 138 valence electrons. The number of carboxylic acid groups (broad SMARTS) is 1. The number of ether oxygens (including phenoxy) is 1. The van der Waals surface area contributed by atoms with Crippen LogP contribution in [0.3, 0.4) is 0 Å². The third-order valence-corrected chi connectivity index (χ3v) is 9.14. The fraction of sp³-hybridized carbons (Fsp3) is 0.938. The minimum atomic E-state index is -2.15. The Kier molecular flexibility index (Phi) is 10.7. The number of methoxy groups -OCH3 is 1. The van der Waals surface area contributed by atoms with Gasteiger partial charge in [-0.2, -0.15) is 0 Å². The first-order chi connectivity index (χ1) is 10.9. The maximum absolute atomic E-state index is 9.86. The van der Waals surface area contributed by atoms with Gasteiger partial charge in [-0.25, -0.2) is 4.79 Å². The van der Waals surface area contributed by atoms with Gasteiger partial charge < -0.3 is 24.0 Å². The van der Waals surface area contributed by atoms with Crippen LogP contribution >= 0.6 is 0 Å². The molecule has 0 saturated carbocycles. The molecule has 23 heavy (non-hydrogen) atoms. The Morgan fingerprint density at radius 1 is 1.26 bits per heavy atom. The quantitative estimate of drug-likeness (QED) is 0.686. The van der Waals surface area contributed by atoms with E-state index in [1.807, 2.05) is 13.8 Å². The maximum atomic E-state index is 9.86. The molecule has 1 aliphatic heterocycles. The van der Waals surface area contributed by atoms with Gasteiger partial charge in [0.25, 0.3) is 0 Å². The molecule has 0 aromatic carbocycles. The minimum Gasteiger partial charge on any atom is -0.465 e. The lowest BCUT2D eigenvalue weighted by molar-refractivity contribution is -0.0149. The molecule has 1 amide bonds. The Balaban J connectivity index is 0.000000515. The van der Waals surface area contributed by atoms with E-state index in [0.29, 0.717) is 0 Å². The summed E-state index contributed by atoms with van der Waals surface area (Å²) in [6.45, 7) is 5.95. The summed E-state index contributed by atoms with van der Waals surface area (Å²) in [5.74, 6) is 0. The van der Waals surface area contributed by atoms with E-state index < -0.39 is 14.7 Å². The molecule has 2 unspecified atom stereocenters. The number of hydrogen-bond acceptors (Lipinski definition) is 4. The van der Waals surface area contributed by atoms with Crippen LogP contribution < -0.4 is 5.32 Å². The van der Waals surface area contributed by atoms with Crippen molar-refractivity contribution in [3.05, 3.63) is 0 Å². The highest BCUT2D eigenvalue weighted by atomic mass is 28.4. The number of rotatable bonds is 7. The van der Waals surface area contributed by atoms with E-state index in [-0.39, 0.29) is 11.3 Å². The summed E-state index contributed by atoms with van der Waals surface area (Å²) >= 11 is 0. The molecule has 1 rings (SSSR count).